The molecule has 0 amide bonds. The number of hydrogen-bond donors (Lipinski definition) is 0. The standard InChI is InChI=1S/C19H19BrN2O2S2/c1-11(2)8-24-19(23)12(3)26-18-16-15(9-25-17(16)21-10-22-18)13-4-6-14(20)7-5-13/h4-7,9-12H,8H2,1-3H3/t12-/m0/s1. The Morgan fingerprint density at radius 3 is 2.65 bits per heavy atom. The Morgan fingerprint density at radius 1 is 1.23 bits per heavy atom. The first-order valence-electron chi connectivity index (χ1n) is 8.27. The van der Waals surface area contributed by atoms with Crippen LogP contribution < -0.4 is 0 Å². The monoisotopic (exact) mass is 450 g/mol. The summed E-state index contributed by atoms with van der Waals surface area (Å²) < 4.78 is 6.39. The van der Waals surface area contributed by atoms with Crippen LogP contribution >= 0.6 is 39.0 Å². The maximum atomic E-state index is 12.2. The van der Waals surface area contributed by atoms with Crippen molar-refractivity contribution in [2.24, 2.45) is 5.92 Å². The molecule has 0 fully saturated rings. The van der Waals surface area contributed by atoms with E-state index in [9.17, 15) is 4.79 Å². The SMILES string of the molecule is CC(C)COC(=O)[C@H](C)Sc1ncnc2scc(-c3ccc(Br)cc3)c12. The number of hydrogen-bond acceptors (Lipinski definition) is 6. The van der Waals surface area contributed by atoms with Crippen molar-refractivity contribution in [3.05, 3.63) is 40.4 Å². The molecule has 0 N–H and O–H groups in total. The molecule has 3 aromatic rings. The third-order valence-electron chi connectivity index (χ3n) is 3.67. The molecule has 26 heavy (non-hydrogen) atoms. The highest BCUT2D eigenvalue weighted by Crippen LogP contribution is 2.39. The minimum absolute atomic E-state index is 0.212. The van der Waals surface area contributed by atoms with Gasteiger partial charge in [0.2, 0.25) is 0 Å². The molecule has 0 spiro atoms. The van der Waals surface area contributed by atoms with Gasteiger partial charge < -0.3 is 4.74 Å². The first-order chi connectivity index (χ1) is 12.5. The average molecular weight is 451 g/mol. The fourth-order valence-corrected chi connectivity index (χ4v) is 4.54. The highest BCUT2D eigenvalue weighted by molar-refractivity contribution is 9.10. The minimum atomic E-state index is -0.329. The van der Waals surface area contributed by atoms with Gasteiger partial charge in [-0.1, -0.05) is 53.7 Å². The van der Waals surface area contributed by atoms with Gasteiger partial charge >= 0.3 is 5.97 Å². The summed E-state index contributed by atoms with van der Waals surface area (Å²) in [6, 6.07) is 8.16. The van der Waals surface area contributed by atoms with Crippen molar-refractivity contribution in [2.75, 3.05) is 6.61 Å². The number of ether oxygens (including phenoxy) is 1. The predicted octanol–water partition coefficient (Wildman–Crippen LogP) is 5.80. The summed E-state index contributed by atoms with van der Waals surface area (Å²) in [5.41, 5.74) is 2.19. The molecule has 0 radical (unpaired) electrons. The van der Waals surface area contributed by atoms with Crippen molar-refractivity contribution in [2.45, 2.75) is 31.0 Å². The number of nitrogens with zero attached hydrogens (tertiary/aromatic N) is 2. The Bertz CT molecular complexity index is 910. The number of thiophene rings is 1. The van der Waals surface area contributed by atoms with Crippen LogP contribution in [-0.2, 0) is 9.53 Å². The number of fused-ring (bicyclic) bond motifs is 1. The molecule has 0 unspecified atom stereocenters. The van der Waals surface area contributed by atoms with Crippen LogP contribution in [0.5, 0.6) is 0 Å². The fraction of sp³-hybridized carbons (Fsp3) is 0.316. The minimum Gasteiger partial charge on any atom is -0.465 e. The molecular formula is C19H19BrN2O2S2. The number of carbonyl (C=O) groups excluding carboxylic acids is 1. The van der Waals surface area contributed by atoms with Crippen LogP contribution in [0.2, 0.25) is 0 Å². The molecule has 136 valence electrons. The van der Waals surface area contributed by atoms with E-state index in [1.165, 1.54) is 11.8 Å². The molecule has 1 atom stereocenters. The molecule has 7 heteroatoms. The maximum Gasteiger partial charge on any atom is 0.319 e. The highest BCUT2D eigenvalue weighted by atomic mass is 79.9. The number of halogens is 1. The van der Waals surface area contributed by atoms with Gasteiger partial charge in [0, 0.05) is 15.4 Å². The topological polar surface area (TPSA) is 52.1 Å². The first-order valence-corrected chi connectivity index (χ1v) is 10.8. The van der Waals surface area contributed by atoms with E-state index in [2.05, 4.69) is 43.4 Å². The summed E-state index contributed by atoms with van der Waals surface area (Å²) in [5, 5.41) is 3.56. The zero-order valence-corrected chi connectivity index (χ0v) is 18.0. The molecular weight excluding hydrogens is 432 g/mol. The smallest absolute Gasteiger partial charge is 0.319 e. The van der Waals surface area contributed by atoms with Crippen LogP contribution in [0.3, 0.4) is 0 Å². The normalized spacial score (nSPS) is 12.5. The number of benzene rings is 1. The molecule has 0 aliphatic carbocycles. The average Bonchev–Trinajstić information content (AvgIpc) is 3.05. The zero-order chi connectivity index (χ0) is 18.7. The lowest BCUT2D eigenvalue weighted by Gasteiger charge is -2.13. The lowest BCUT2D eigenvalue weighted by Crippen LogP contribution is -2.19. The van der Waals surface area contributed by atoms with Gasteiger partial charge in [-0.05, 0) is 30.5 Å². The third-order valence-corrected chi connectivity index (χ3v) is 6.16. The summed E-state index contributed by atoms with van der Waals surface area (Å²) in [5.74, 6) is 0.110. The highest BCUT2D eigenvalue weighted by Gasteiger charge is 2.21. The lowest BCUT2D eigenvalue weighted by atomic mass is 10.1. The Kier molecular flexibility index (Phi) is 6.32. The second kappa shape index (κ2) is 8.50. The van der Waals surface area contributed by atoms with Gasteiger partial charge in [0.1, 0.15) is 21.4 Å². The van der Waals surface area contributed by atoms with Crippen LogP contribution in [0.25, 0.3) is 21.3 Å². The summed E-state index contributed by atoms with van der Waals surface area (Å²) in [7, 11) is 0. The van der Waals surface area contributed by atoms with E-state index in [0.29, 0.717) is 12.5 Å². The summed E-state index contributed by atoms with van der Waals surface area (Å²) >= 11 is 6.47. The van der Waals surface area contributed by atoms with E-state index in [0.717, 1.165) is 30.8 Å². The second-order valence-corrected chi connectivity index (χ2v) is 9.40. The van der Waals surface area contributed by atoms with E-state index in [-0.39, 0.29) is 11.2 Å². The van der Waals surface area contributed by atoms with E-state index < -0.39 is 0 Å². The maximum absolute atomic E-state index is 12.2. The van der Waals surface area contributed by atoms with E-state index in [1.807, 2.05) is 32.9 Å². The van der Waals surface area contributed by atoms with Gasteiger partial charge in [-0.25, -0.2) is 9.97 Å². The van der Waals surface area contributed by atoms with Gasteiger partial charge in [0.15, 0.2) is 0 Å². The fourth-order valence-electron chi connectivity index (χ4n) is 2.36. The third kappa shape index (κ3) is 4.45. The number of aromatic nitrogens is 2. The second-order valence-electron chi connectivity index (χ2n) is 6.30. The molecule has 4 nitrogen and oxygen atoms in total. The van der Waals surface area contributed by atoms with Gasteiger partial charge in [-0.2, -0.15) is 0 Å². The van der Waals surface area contributed by atoms with Gasteiger partial charge in [-0.3, -0.25) is 4.79 Å². The number of rotatable bonds is 6. The van der Waals surface area contributed by atoms with E-state index in [4.69, 9.17) is 4.74 Å². The molecule has 2 heterocycles. The van der Waals surface area contributed by atoms with Crippen molar-refractivity contribution in [3.8, 4) is 11.1 Å². The Labute approximate surface area is 169 Å². The summed E-state index contributed by atoms with van der Waals surface area (Å²) in [6.07, 6.45) is 1.55. The first kappa shape index (κ1) is 19.3. The van der Waals surface area contributed by atoms with Gasteiger partial charge in [-0.15, -0.1) is 11.3 Å². The van der Waals surface area contributed by atoms with Crippen molar-refractivity contribution in [3.63, 3.8) is 0 Å². The van der Waals surface area contributed by atoms with Crippen molar-refractivity contribution in [1.82, 2.24) is 9.97 Å². The van der Waals surface area contributed by atoms with Crippen molar-refractivity contribution in [1.29, 1.82) is 0 Å². The van der Waals surface area contributed by atoms with E-state index in [1.54, 1.807) is 17.7 Å². The van der Waals surface area contributed by atoms with Gasteiger partial charge in [0.05, 0.1) is 12.0 Å². The van der Waals surface area contributed by atoms with Crippen LogP contribution in [-0.4, -0.2) is 27.8 Å². The van der Waals surface area contributed by atoms with E-state index >= 15 is 0 Å². The Morgan fingerprint density at radius 2 is 1.96 bits per heavy atom. The summed E-state index contributed by atoms with van der Waals surface area (Å²) in [6.45, 7) is 6.34. The molecule has 0 saturated carbocycles. The van der Waals surface area contributed by atoms with Crippen molar-refractivity contribution < 1.29 is 9.53 Å². The molecule has 2 aromatic heterocycles. The largest absolute Gasteiger partial charge is 0.465 e. The number of esters is 1. The molecule has 3 rings (SSSR count). The zero-order valence-electron chi connectivity index (χ0n) is 14.7. The summed E-state index contributed by atoms with van der Waals surface area (Å²) in [4.78, 5) is 22.0. The van der Waals surface area contributed by atoms with Crippen molar-refractivity contribution >= 4 is 55.2 Å². The quantitative estimate of drug-likeness (QED) is 0.269. The van der Waals surface area contributed by atoms with Crippen LogP contribution in [0.15, 0.2) is 45.5 Å². The number of thioether (sulfide) groups is 1. The lowest BCUT2D eigenvalue weighted by molar-refractivity contribution is -0.143. The predicted molar refractivity (Wildman–Crippen MR) is 112 cm³/mol. The molecule has 0 saturated heterocycles. The molecule has 0 bridgehead atoms. The van der Waals surface area contributed by atoms with Crippen LogP contribution in [0, 0.1) is 5.92 Å². The Hall–Kier alpha value is -1.44. The number of carbonyl (C=O) groups is 1. The molecule has 0 aliphatic heterocycles. The van der Waals surface area contributed by atoms with Crippen LogP contribution in [0.1, 0.15) is 20.8 Å². The van der Waals surface area contributed by atoms with Crippen LogP contribution in [0.4, 0.5) is 0 Å². The van der Waals surface area contributed by atoms with Gasteiger partial charge in [0.25, 0.3) is 0 Å². The Balaban J connectivity index is 1.90. The molecule has 0 aliphatic rings. The molecule has 1 aromatic carbocycles.